The van der Waals surface area contributed by atoms with Crippen LogP contribution in [0.5, 0.6) is 0 Å². The van der Waals surface area contributed by atoms with Crippen LogP contribution in [0.3, 0.4) is 0 Å². The molecule has 0 radical (unpaired) electrons. The zero-order valence-electron chi connectivity index (χ0n) is 8.17. The van der Waals surface area contributed by atoms with Crippen molar-refractivity contribution in [2.24, 2.45) is 5.73 Å². The Hall–Kier alpha value is -1.58. The van der Waals surface area contributed by atoms with Crippen molar-refractivity contribution < 1.29 is 9.18 Å². The molecule has 3 nitrogen and oxygen atoms in total. The minimum Gasteiger partial charge on any atom is -0.383 e. The summed E-state index contributed by atoms with van der Waals surface area (Å²) in [5.74, 6) is -1.35. The van der Waals surface area contributed by atoms with Gasteiger partial charge in [-0.05, 0) is 32.0 Å². The third-order valence-electron chi connectivity index (χ3n) is 1.69. The minimum absolute atomic E-state index is 0.0874. The normalized spacial score (nSPS) is 10.3. The number of benzene rings is 1. The lowest BCUT2D eigenvalue weighted by Gasteiger charge is -2.10. The first kappa shape index (κ1) is 10.5. The predicted molar refractivity (Wildman–Crippen MR) is 53.7 cm³/mol. The summed E-state index contributed by atoms with van der Waals surface area (Å²) in [5, 5.41) is 3.05. The average molecular weight is 196 g/mol. The molecule has 4 heteroatoms. The van der Waals surface area contributed by atoms with Gasteiger partial charge in [-0.25, -0.2) is 4.39 Å². The molecular formula is C10H13FN2O. The van der Waals surface area contributed by atoms with E-state index in [2.05, 4.69) is 5.32 Å². The molecule has 76 valence electrons. The summed E-state index contributed by atoms with van der Waals surface area (Å²) in [6.45, 7) is 3.90. The molecule has 0 unspecified atom stereocenters. The SMILES string of the molecule is CC(C)Nc1ccc(F)c(C(N)=O)c1. The lowest BCUT2D eigenvalue weighted by atomic mass is 10.1. The maximum Gasteiger partial charge on any atom is 0.251 e. The van der Waals surface area contributed by atoms with Crippen LogP contribution in [-0.2, 0) is 0 Å². The lowest BCUT2D eigenvalue weighted by molar-refractivity contribution is 0.0996. The van der Waals surface area contributed by atoms with E-state index in [0.29, 0.717) is 5.69 Å². The van der Waals surface area contributed by atoms with Gasteiger partial charge in [0.05, 0.1) is 5.56 Å². The summed E-state index contributed by atoms with van der Waals surface area (Å²) < 4.78 is 13.0. The molecule has 0 saturated carbocycles. The van der Waals surface area contributed by atoms with Crippen molar-refractivity contribution in [3.63, 3.8) is 0 Å². The van der Waals surface area contributed by atoms with E-state index >= 15 is 0 Å². The van der Waals surface area contributed by atoms with E-state index in [0.717, 1.165) is 0 Å². The second-order valence-electron chi connectivity index (χ2n) is 3.36. The van der Waals surface area contributed by atoms with Gasteiger partial charge in [0.15, 0.2) is 0 Å². The zero-order chi connectivity index (χ0) is 10.7. The molecule has 0 aliphatic heterocycles. The lowest BCUT2D eigenvalue weighted by Crippen LogP contribution is -2.15. The summed E-state index contributed by atoms with van der Waals surface area (Å²) in [7, 11) is 0. The molecule has 0 bridgehead atoms. The van der Waals surface area contributed by atoms with E-state index < -0.39 is 11.7 Å². The zero-order valence-corrected chi connectivity index (χ0v) is 8.17. The van der Waals surface area contributed by atoms with E-state index in [9.17, 15) is 9.18 Å². The Morgan fingerprint density at radius 1 is 1.50 bits per heavy atom. The molecule has 0 spiro atoms. The second kappa shape index (κ2) is 4.09. The number of nitrogens with two attached hydrogens (primary N) is 1. The fraction of sp³-hybridized carbons (Fsp3) is 0.300. The molecular weight excluding hydrogens is 183 g/mol. The van der Waals surface area contributed by atoms with Gasteiger partial charge in [-0.1, -0.05) is 0 Å². The fourth-order valence-corrected chi connectivity index (χ4v) is 1.14. The number of carbonyl (C=O) groups is 1. The molecule has 0 fully saturated rings. The third kappa shape index (κ3) is 2.45. The van der Waals surface area contributed by atoms with Crippen molar-refractivity contribution in [3.05, 3.63) is 29.6 Å². The van der Waals surface area contributed by atoms with Crippen molar-refractivity contribution in [3.8, 4) is 0 Å². The largest absolute Gasteiger partial charge is 0.383 e. The Balaban J connectivity index is 3.00. The molecule has 0 aromatic heterocycles. The molecule has 0 aliphatic carbocycles. The van der Waals surface area contributed by atoms with E-state index in [-0.39, 0.29) is 11.6 Å². The molecule has 1 rings (SSSR count). The Bertz CT molecular complexity index is 350. The Labute approximate surface area is 82.1 Å². The number of rotatable bonds is 3. The van der Waals surface area contributed by atoms with Crippen LogP contribution in [0.15, 0.2) is 18.2 Å². The van der Waals surface area contributed by atoms with Crippen molar-refractivity contribution in [1.82, 2.24) is 0 Å². The average Bonchev–Trinajstić information content (AvgIpc) is 2.07. The first-order chi connectivity index (χ1) is 6.50. The molecule has 0 heterocycles. The topological polar surface area (TPSA) is 55.1 Å². The maximum atomic E-state index is 13.0. The third-order valence-corrected chi connectivity index (χ3v) is 1.69. The molecule has 0 aliphatic rings. The first-order valence-electron chi connectivity index (χ1n) is 4.36. The van der Waals surface area contributed by atoms with Gasteiger partial charge in [0.25, 0.3) is 5.91 Å². The standard InChI is InChI=1S/C10H13FN2O/c1-6(2)13-7-3-4-9(11)8(5-7)10(12)14/h3-6,13H,1-2H3,(H2,12,14). The first-order valence-corrected chi connectivity index (χ1v) is 4.36. The summed E-state index contributed by atoms with van der Waals surface area (Å²) in [4.78, 5) is 10.8. The summed E-state index contributed by atoms with van der Waals surface area (Å²) in [6, 6.07) is 4.44. The number of carbonyl (C=O) groups excluding carboxylic acids is 1. The van der Waals surface area contributed by atoms with Gasteiger partial charge in [-0.2, -0.15) is 0 Å². The Morgan fingerprint density at radius 2 is 2.14 bits per heavy atom. The van der Waals surface area contributed by atoms with Crippen molar-refractivity contribution in [2.75, 3.05) is 5.32 Å². The van der Waals surface area contributed by atoms with Crippen molar-refractivity contribution in [2.45, 2.75) is 19.9 Å². The van der Waals surface area contributed by atoms with E-state index in [1.165, 1.54) is 12.1 Å². The van der Waals surface area contributed by atoms with Gasteiger partial charge in [0.1, 0.15) is 5.82 Å². The van der Waals surface area contributed by atoms with Crippen LogP contribution in [-0.4, -0.2) is 11.9 Å². The van der Waals surface area contributed by atoms with Gasteiger partial charge in [-0.3, -0.25) is 4.79 Å². The number of anilines is 1. The van der Waals surface area contributed by atoms with Crippen molar-refractivity contribution >= 4 is 11.6 Å². The van der Waals surface area contributed by atoms with E-state index in [1.54, 1.807) is 6.07 Å². The number of primary amides is 1. The van der Waals surface area contributed by atoms with E-state index in [4.69, 9.17) is 5.73 Å². The molecule has 1 aromatic rings. The summed E-state index contributed by atoms with van der Waals surface area (Å²) >= 11 is 0. The quantitative estimate of drug-likeness (QED) is 0.773. The summed E-state index contributed by atoms with van der Waals surface area (Å²) in [6.07, 6.45) is 0. The number of halogens is 1. The smallest absolute Gasteiger partial charge is 0.251 e. The van der Waals surface area contributed by atoms with Gasteiger partial charge in [0.2, 0.25) is 0 Å². The highest BCUT2D eigenvalue weighted by Gasteiger charge is 2.08. The molecule has 1 amide bonds. The maximum absolute atomic E-state index is 13.0. The Morgan fingerprint density at radius 3 is 2.64 bits per heavy atom. The second-order valence-corrected chi connectivity index (χ2v) is 3.36. The highest BCUT2D eigenvalue weighted by molar-refractivity contribution is 5.94. The molecule has 1 aromatic carbocycles. The number of hydrogen-bond donors (Lipinski definition) is 2. The van der Waals surface area contributed by atoms with Gasteiger partial charge < -0.3 is 11.1 Å². The van der Waals surface area contributed by atoms with E-state index in [1.807, 2.05) is 13.8 Å². The molecule has 0 saturated heterocycles. The van der Waals surface area contributed by atoms with Crippen molar-refractivity contribution in [1.29, 1.82) is 0 Å². The highest BCUT2D eigenvalue weighted by Crippen LogP contribution is 2.14. The number of hydrogen-bond acceptors (Lipinski definition) is 2. The molecule has 0 atom stereocenters. The van der Waals surface area contributed by atoms with Crippen LogP contribution < -0.4 is 11.1 Å². The molecule has 3 N–H and O–H groups in total. The molecule has 14 heavy (non-hydrogen) atoms. The van der Waals surface area contributed by atoms with Crippen LogP contribution in [0.2, 0.25) is 0 Å². The summed E-state index contributed by atoms with van der Waals surface area (Å²) in [5.41, 5.74) is 5.61. The number of nitrogens with one attached hydrogen (secondary N) is 1. The minimum atomic E-state index is -0.755. The van der Waals surface area contributed by atoms with Crippen LogP contribution in [0.25, 0.3) is 0 Å². The highest BCUT2D eigenvalue weighted by atomic mass is 19.1. The van der Waals surface area contributed by atoms with Crippen LogP contribution in [0, 0.1) is 5.82 Å². The van der Waals surface area contributed by atoms with Gasteiger partial charge >= 0.3 is 0 Å². The van der Waals surface area contributed by atoms with Crippen LogP contribution in [0.4, 0.5) is 10.1 Å². The monoisotopic (exact) mass is 196 g/mol. The predicted octanol–water partition coefficient (Wildman–Crippen LogP) is 1.74. The van der Waals surface area contributed by atoms with Gasteiger partial charge in [-0.15, -0.1) is 0 Å². The van der Waals surface area contributed by atoms with Crippen LogP contribution in [0.1, 0.15) is 24.2 Å². The Kier molecular flexibility index (Phi) is 3.06. The van der Waals surface area contributed by atoms with Crippen LogP contribution >= 0.6 is 0 Å². The fourth-order valence-electron chi connectivity index (χ4n) is 1.14. The number of amides is 1. The van der Waals surface area contributed by atoms with Gasteiger partial charge in [0, 0.05) is 11.7 Å².